The highest BCUT2D eigenvalue weighted by atomic mass is 19.1. The molecular weight excluding hydrogens is 347 g/mol. The SMILES string of the molecule is CCNC(=NCC(C)N1CCOCC1C)NCC(C)Oc1ccccc1F. The topological polar surface area (TPSA) is 58.1 Å². The number of rotatable bonds is 8. The first-order valence-corrected chi connectivity index (χ1v) is 9.78. The number of morpholine rings is 1. The smallest absolute Gasteiger partial charge is 0.191 e. The summed E-state index contributed by atoms with van der Waals surface area (Å²) in [5, 5.41) is 6.53. The summed E-state index contributed by atoms with van der Waals surface area (Å²) in [5.74, 6) is 0.663. The molecule has 1 aliphatic rings. The van der Waals surface area contributed by atoms with E-state index in [0.717, 1.165) is 32.3 Å². The van der Waals surface area contributed by atoms with Gasteiger partial charge in [0.05, 0.1) is 26.3 Å². The molecule has 0 saturated carbocycles. The Balaban J connectivity index is 1.84. The highest BCUT2D eigenvalue weighted by Crippen LogP contribution is 2.16. The molecule has 7 heteroatoms. The van der Waals surface area contributed by atoms with Gasteiger partial charge in [0.2, 0.25) is 0 Å². The quantitative estimate of drug-likeness (QED) is 0.535. The number of nitrogens with zero attached hydrogens (tertiary/aromatic N) is 2. The minimum absolute atomic E-state index is 0.192. The molecule has 27 heavy (non-hydrogen) atoms. The number of guanidine groups is 1. The molecule has 1 aromatic rings. The first-order valence-electron chi connectivity index (χ1n) is 9.78. The Bertz CT molecular complexity index is 599. The van der Waals surface area contributed by atoms with E-state index in [-0.39, 0.29) is 17.7 Å². The molecule has 6 nitrogen and oxygen atoms in total. The number of halogens is 1. The zero-order valence-corrected chi connectivity index (χ0v) is 16.9. The van der Waals surface area contributed by atoms with Crippen molar-refractivity contribution >= 4 is 5.96 Å². The van der Waals surface area contributed by atoms with E-state index >= 15 is 0 Å². The van der Waals surface area contributed by atoms with E-state index in [0.29, 0.717) is 25.2 Å². The molecule has 2 N–H and O–H groups in total. The van der Waals surface area contributed by atoms with Gasteiger partial charge in [-0.1, -0.05) is 12.1 Å². The second kappa shape index (κ2) is 11.1. The van der Waals surface area contributed by atoms with Gasteiger partial charge in [0.25, 0.3) is 0 Å². The molecule has 1 aliphatic heterocycles. The molecule has 0 radical (unpaired) electrons. The van der Waals surface area contributed by atoms with Crippen molar-refractivity contribution in [2.45, 2.75) is 45.9 Å². The predicted molar refractivity (Wildman–Crippen MR) is 107 cm³/mol. The molecule has 0 spiro atoms. The molecular formula is C20H33FN4O2. The molecule has 3 atom stereocenters. The number of hydrogen-bond acceptors (Lipinski definition) is 4. The molecule has 0 bridgehead atoms. The van der Waals surface area contributed by atoms with Crippen LogP contribution in [0.5, 0.6) is 5.75 Å². The summed E-state index contributed by atoms with van der Waals surface area (Å²) < 4.78 is 24.9. The van der Waals surface area contributed by atoms with E-state index in [1.165, 1.54) is 6.07 Å². The van der Waals surface area contributed by atoms with Gasteiger partial charge >= 0.3 is 0 Å². The Morgan fingerprint density at radius 1 is 1.37 bits per heavy atom. The fourth-order valence-electron chi connectivity index (χ4n) is 3.10. The first-order chi connectivity index (χ1) is 13.0. The van der Waals surface area contributed by atoms with Crippen molar-refractivity contribution in [2.75, 3.05) is 39.4 Å². The molecule has 3 unspecified atom stereocenters. The molecule has 0 amide bonds. The summed E-state index contributed by atoms with van der Waals surface area (Å²) in [4.78, 5) is 7.13. The Morgan fingerprint density at radius 2 is 2.15 bits per heavy atom. The second-order valence-electron chi connectivity index (χ2n) is 6.97. The number of hydrogen-bond donors (Lipinski definition) is 2. The van der Waals surface area contributed by atoms with Gasteiger partial charge in [0.15, 0.2) is 17.5 Å². The van der Waals surface area contributed by atoms with Crippen LogP contribution in [0.2, 0.25) is 0 Å². The van der Waals surface area contributed by atoms with Crippen molar-refractivity contribution < 1.29 is 13.9 Å². The summed E-state index contributed by atoms with van der Waals surface area (Å²) in [6.45, 7) is 12.8. The highest BCUT2D eigenvalue weighted by molar-refractivity contribution is 5.79. The highest BCUT2D eigenvalue weighted by Gasteiger charge is 2.23. The number of ether oxygens (including phenoxy) is 2. The first kappa shape index (κ1) is 21.4. The van der Waals surface area contributed by atoms with Crippen molar-refractivity contribution in [1.82, 2.24) is 15.5 Å². The van der Waals surface area contributed by atoms with Crippen LogP contribution in [0.4, 0.5) is 4.39 Å². The van der Waals surface area contributed by atoms with E-state index in [4.69, 9.17) is 14.5 Å². The zero-order chi connectivity index (χ0) is 19.6. The normalized spacial score (nSPS) is 20.8. The van der Waals surface area contributed by atoms with Crippen molar-refractivity contribution in [3.63, 3.8) is 0 Å². The van der Waals surface area contributed by atoms with Crippen molar-refractivity contribution in [1.29, 1.82) is 0 Å². The summed E-state index contributed by atoms with van der Waals surface area (Å²) >= 11 is 0. The average molecular weight is 381 g/mol. The van der Waals surface area contributed by atoms with Crippen LogP contribution in [-0.2, 0) is 4.74 Å². The maximum absolute atomic E-state index is 13.7. The van der Waals surface area contributed by atoms with E-state index in [2.05, 4.69) is 29.4 Å². The van der Waals surface area contributed by atoms with Crippen molar-refractivity contribution in [3.8, 4) is 5.75 Å². The van der Waals surface area contributed by atoms with E-state index < -0.39 is 0 Å². The maximum atomic E-state index is 13.7. The van der Waals surface area contributed by atoms with Gasteiger partial charge in [-0.2, -0.15) is 0 Å². The van der Waals surface area contributed by atoms with E-state index in [9.17, 15) is 4.39 Å². The van der Waals surface area contributed by atoms with Crippen LogP contribution in [0.1, 0.15) is 27.7 Å². The Kier molecular flexibility index (Phi) is 8.81. The van der Waals surface area contributed by atoms with Crippen LogP contribution in [0.15, 0.2) is 29.3 Å². The molecule has 1 saturated heterocycles. The Hall–Kier alpha value is -1.86. The fourth-order valence-corrected chi connectivity index (χ4v) is 3.10. The van der Waals surface area contributed by atoms with Crippen LogP contribution >= 0.6 is 0 Å². The Morgan fingerprint density at radius 3 is 2.85 bits per heavy atom. The lowest BCUT2D eigenvalue weighted by atomic mass is 10.2. The predicted octanol–water partition coefficient (Wildman–Crippen LogP) is 2.26. The lowest BCUT2D eigenvalue weighted by molar-refractivity contribution is -0.0165. The minimum Gasteiger partial charge on any atom is -0.486 e. The van der Waals surface area contributed by atoms with Gasteiger partial charge in [0.1, 0.15) is 6.10 Å². The van der Waals surface area contributed by atoms with Crippen molar-refractivity contribution in [2.24, 2.45) is 4.99 Å². The fraction of sp³-hybridized carbons (Fsp3) is 0.650. The van der Waals surface area contributed by atoms with Crippen LogP contribution in [0.25, 0.3) is 0 Å². The second-order valence-corrected chi connectivity index (χ2v) is 6.97. The Labute approximate surface area is 162 Å². The largest absolute Gasteiger partial charge is 0.486 e. The molecule has 2 rings (SSSR count). The molecule has 0 aromatic heterocycles. The lowest BCUT2D eigenvalue weighted by Crippen LogP contribution is -2.50. The van der Waals surface area contributed by atoms with Crippen LogP contribution in [0.3, 0.4) is 0 Å². The van der Waals surface area contributed by atoms with E-state index in [1.807, 2.05) is 13.8 Å². The van der Waals surface area contributed by atoms with Gasteiger partial charge in [-0.05, 0) is 39.8 Å². The van der Waals surface area contributed by atoms with E-state index in [1.54, 1.807) is 18.2 Å². The van der Waals surface area contributed by atoms with Crippen molar-refractivity contribution in [3.05, 3.63) is 30.1 Å². The van der Waals surface area contributed by atoms with Crippen LogP contribution < -0.4 is 15.4 Å². The summed E-state index contributed by atoms with van der Waals surface area (Å²) in [5.41, 5.74) is 0. The molecule has 1 heterocycles. The zero-order valence-electron chi connectivity index (χ0n) is 16.9. The van der Waals surface area contributed by atoms with Gasteiger partial charge in [-0.15, -0.1) is 0 Å². The van der Waals surface area contributed by atoms with Gasteiger partial charge in [0, 0.05) is 25.2 Å². The van der Waals surface area contributed by atoms with Crippen LogP contribution in [0, 0.1) is 5.82 Å². The number of nitrogens with one attached hydrogen (secondary N) is 2. The summed E-state index contributed by atoms with van der Waals surface area (Å²) in [7, 11) is 0. The van der Waals surface area contributed by atoms with Gasteiger partial charge < -0.3 is 20.1 Å². The lowest BCUT2D eigenvalue weighted by Gasteiger charge is -2.37. The third-order valence-corrected chi connectivity index (χ3v) is 4.56. The third-order valence-electron chi connectivity index (χ3n) is 4.56. The molecule has 1 aromatic carbocycles. The van der Waals surface area contributed by atoms with Gasteiger partial charge in [-0.3, -0.25) is 9.89 Å². The monoisotopic (exact) mass is 380 g/mol. The molecule has 152 valence electrons. The molecule has 0 aliphatic carbocycles. The minimum atomic E-state index is -0.349. The van der Waals surface area contributed by atoms with Crippen LogP contribution in [-0.4, -0.2) is 68.4 Å². The summed E-state index contributed by atoms with van der Waals surface area (Å²) in [6, 6.07) is 7.20. The number of benzene rings is 1. The number of aliphatic imine (C=N–C) groups is 1. The summed E-state index contributed by atoms with van der Waals surface area (Å²) in [6.07, 6.45) is -0.192. The number of para-hydroxylation sites is 1. The standard InChI is InChI=1S/C20H33FN4O2/c1-5-22-20(23-12-15(2)25-10-11-26-14-16(25)3)24-13-17(4)27-19-9-7-6-8-18(19)21/h6-9,15-17H,5,10-14H2,1-4H3,(H2,22,23,24). The molecule has 1 fully saturated rings. The third kappa shape index (κ3) is 6.99. The maximum Gasteiger partial charge on any atom is 0.191 e. The van der Waals surface area contributed by atoms with Gasteiger partial charge in [-0.25, -0.2) is 4.39 Å². The average Bonchev–Trinajstić information content (AvgIpc) is 2.66.